The van der Waals surface area contributed by atoms with Gasteiger partial charge in [0.2, 0.25) is 0 Å². The number of carbonyl (C=O) groups is 2. The monoisotopic (exact) mass is 470 g/mol. The summed E-state index contributed by atoms with van der Waals surface area (Å²) in [7, 11) is 0. The first-order valence-electron chi connectivity index (χ1n) is 13.1. The molecule has 6 aliphatic rings. The molecule has 4 fully saturated rings. The van der Waals surface area contributed by atoms with Crippen molar-refractivity contribution in [2.75, 3.05) is 0 Å². The molecule has 0 radical (unpaired) electrons. The molecule has 11 atom stereocenters. The lowest BCUT2D eigenvalue weighted by molar-refractivity contribution is -0.195. The van der Waals surface area contributed by atoms with Crippen LogP contribution < -0.4 is 0 Å². The molecule has 0 amide bonds. The van der Waals surface area contributed by atoms with E-state index < -0.39 is 22.7 Å². The molecule has 6 heteroatoms. The lowest BCUT2D eigenvalue weighted by atomic mass is 9.43. The van der Waals surface area contributed by atoms with Gasteiger partial charge in [-0.1, -0.05) is 18.6 Å². The number of hydrogen-bond acceptors (Lipinski definition) is 6. The Bertz CT molecular complexity index is 1030. The molecule has 6 rings (SSSR count). The van der Waals surface area contributed by atoms with Gasteiger partial charge in [0, 0.05) is 12.0 Å². The Balaban J connectivity index is 1.33. The first-order chi connectivity index (χ1) is 15.9. The Hall–Kier alpha value is -1.50. The number of ether oxygens (including phenoxy) is 2. The van der Waals surface area contributed by atoms with Crippen molar-refractivity contribution >= 4 is 11.8 Å². The summed E-state index contributed by atoms with van der Waals surface area (Å²) >= 11 is 0. The van der Waals surface area contributed by atoms with Gasteiger partial charge in [-0.15, -0.1) is 0 Å². The quantitative estimate of drug-likeness (QED) is 0.474. The normalized spacial score (nSPS) is 53.3. The number of ketones is 1. The van der Waals surface area contributed by atoms with Gasteiger partial charge in [-0.05, 0) is 95.0 Å². The van der Waals surface area contributed by atoms with Crippen LogP contribution in [0.3, 0.4) is 0 Å². The highest BCUT2D eigenvalue weighted by molar-refractivity contribution is 5.97. The van der Waals surface area contributed by atoms with E-state index in [4.69, 9.17) is 9.47 Å². The molecule has 2 aliphatic heterocycles. The van der Waals surface area contributed by atoms with Crippen LogP contribution in [0, 0.1) is 34.5 Å². The number of aliphatic hydroxyl groups is 2. The molecule has 0 bridgehead atoms. The summed E-state index contributed by atoms with van der Waals surface area (Å²) in [5.41, 5.74) is -1.60. The van der Waals surface area contributed by atoms with E-state index in [0.29, 0.717) is 24.3 Å². The fraction of sp³-hybridized carbons (Fsp3) is 0.786. The van der Waals surface area contributed by atoms with Crippen molar-refractivity contribution in [2.45, 2.75) is 103 Å². The minimum Gasteiger partial charge on any atom is -0.456 e. The van der Waals surface area contributed by atoms with Gasteiger partial charge in [0.05, 0.1) is 11.5 Å². The maximum atomic E-state index is 13.3. The SMILES string of the molecule is CC1=C(C)C(=O)O[C@@H]([C@@](C)(O)[C@H]2CC[C@H]3[C@@H]4[C@@H]5O[C@@H]5[C@@]5(O)CC=CC(=O)[C@]5(C)[C@H]4CC[C@]23C)C1. The summed E-state index contributed by atoms with van der Waals surface area (Å²) in [6, 6.07) is 0. The van der Waals surface area contributed by atoms with E-state index in [-0.39, 0.29) is 47.1 Å². The van der Waals surface area contributed by atoms with Crippen LogP contribution in [0.1, 0.15) is 73.1 Å². The van der Waals surface area contributed by atoms with Gasteiger partial charge >= 0.3 is 5.97 Å². The van der Waals surface area contributed by atoms with Crippen molar-refractivity contribution in [3.05, 3.63) is 23.3 Å². The van der Waals surface area contributed by atoms with E-state index >= 15 is 0 Å². The summed E-state index contributed by atoms with van der Waals surface area (Å²) in [6.07, 6.45) is 7.18. The van der Waals surface area contributed by atoms with Crippen LogP contribution in [0.25, 0.3) is 0 Å². The third-order valence-corrected chi connectivity index (χ3v) is 11.6. The van der Waals surface area contributed by atoms with Gasteiger partial charge in [0.15, 0.2) is 5.78 Å². The Labute approximate surface area is 201 Å². The summed E-state index contributed by atoms with van der Waals surface area (Å²) in [6.45, 7) is 9.86. The molecular formula is C28H38O6. The maximum absolute atomic E-state index is 13.3. The second-order valence-electron chi connectivity index (χ2n) is 12.8. The number of fused-ring (bicyclic) bond motifs is 8. The van der Waals surface area contributed by atoms with Crippen LogP contribution in [0.2, 0.25) is 0 Å². The second-order valence-corrected chi connectivity index (χ2v) is 12.8. The van der Waals surface area contributed by atoms with E-state index in [2.05, 4.69) is 6.92 Å². The predicted octanol–water partition coefficient (Wildman–Crippen LogP) is 3.50. The zero-order valence-corrected chi connectivity index (χ0v) is 21.0. The standard InChI is InChI=1S/C28H38O6/c1-14-13-20(33-24(30)15(14)2)27(5,31)18-9-8-16-21-17(10-12-25(16,18)3)26(4)19(29)7-6-11-28(26,32)23-22(21)34-23/h6-7,16-18,20-23,31-32H,8-13H2,1-5H3/t16-,17-,18-,20+,21-,22-,23-,25-,26-,27-,28-/m0/s1. The Kier molecular flexibility index (Phi) is 4.61. The molecule has 2 heterocycles. The summed E-state index contributed by atoms with van der Waals surface area (Å²) < 4.78 is 12.0. The van der Waals surface area contributed by atoms with Crippen LogP contribution in [0.5, 0.6) is 0 Å². The fourth-order valence-electron chi connectivity index (χ4n) is 9.36. The number of allylic oxidation sites excluding steroid dienone is 1. The van der Waals surface area contributed by atoms with Crippen molar-refractivity contribution in [1.82, 2.24) is 0 Å². The largest absolute Gasteiger partial charge is 0.456 e. The van der Waals surface area contributed by atoms with Gasteiger partial charge in [-0.3, -0.25) is 4.79 Å². The molecule has 0 unspecified atom stereocenters. The van der Waals surface area contributed by atoms with Gasteiger partial charge in [-0.2, -0.15) is 0 Å². The number of carbonyl (C=O) groups excluding carboxylic acids is 2. The smallest absolute Gasteiger partial charge is 0.334 e. The molecule has 34 heavy (non-hydrogen) atoms. The summed E-state index contributed by atoms with van der Waals surface area (Å²) in [5.74, 6) is 0.263. The third kappa shape index (κ3) is 2.58. The van der Waals surface area contributed by atoms with Gasteiger partial charge < -0.3 is 19.7 Å². The molecule has 0 spiro atoms. The fourth-order valence-corrected chi connectivity index (χ4v) is 9.36. The Morgan fingerprint density at radius 2 is 1.85 bits per heavy atom. The molecule has 2 N–H and O–H groups in total. The Morgan fingerprint density at radius 1 is 1.12 bits per heavy atom. The van der Waals surface area contributed by atoms with Crippen molar-refractivity contribution in [1.29, 1.82) is 0 Å². The molecule has 0 aromatic rings. The van der Waals surface area contributed by atoms with E-state index in [9.17, 15) is 19.8 Å². The number of epoxide rings is 1. The Morgan fingerprint density at radius 3 is 2.56 bits per heavy atom. The molecule has 4 aliphatic carbocycles. The predicted molar refractivity (Wildman–Crippen MR) is 125 cm³/mol. The number of rotatable bonds is 2. The van der Waals surface area contributed by atoms with Crippen LogP contribution in [0.4, 0.5) is 0 Å². The van der Waals surface area contributed by atoms with Gasteiger partial charge in [0.25, 0.3) is 0 Å². The topological polar surface area (TPSA) is 96.4 Å². The molecule has 186 valence electrons. The van der Waals surface area contributed by atoms with E-state index in [1.54, 1.807) is 13.0 Å². The van der Waals surface area contributed by atoms with E-state index in [1.165, 1.54) is 0 Å². The summed E-state index contributed by atoms with van der Waals surface area (Å²) in [5, 5.41) is 23.6. The molecule has 0 aromatic carbocycles. The second kappa shape index (κ2) is 6.83. The maximum Gasteiger partial charge on any atom is 0.334 e. The lowest BCUT2D eigenvalue weighted by Gasteiger charge is -2.60. The van der Waals surface area contributed by atoms with Crippen molar-refractivity contribution < 1.29 is 29.3 Å². The minimum absolute atomic E-state index is 0.0114. The zero-order chi connectivity index (χ0) is 24.4. The highest BCUT2D eigenvalue weighted by Gasteiger charge is 2.78. The highest BCUT2D eigenvalue weighted by atomic mass is 16.6. The molecule has 0 aromatic heterocycles. The van der Waals surface area contributed by atoms with Crippen molar-refractivity contribution in [2.24, 2.45) is 34.5 Å². The molecule has 1 saturated heterocycles. The first kappa shape index (κ1) is 22.9. The van der Waals surface area contributed by atoms with E-state index in [0.717, 1.165) is 31.3 Å². The van der Waals surface area contributed by atoms with Crippen LogP contribution in [-0.2, 0) is 19.1 Å². The molecular weight excluding hydrogens is 432 g/mol. The van der Waals surface area contributed by atoms with Gasteiger partial charge in [-0.25, -0.2) is 4.79 Å². The zero-order valence-electron chi connectivity index (χ0n) is 21.0. The number of cyclic esters (lactones) is 1. The highest BCUT2D eigenvalue weighted by Crippen LogP contribution is 2.72. The number of esters is 1. The van der Waals surface area contributed by atoms with Crippen LogP contribution in [0.15, 0.2) is 23.3 Å². The van der Waals surface area contributed by atoms with Crippen molar-refractivity contribution in [3.8, 4) is 0 Å². The average molecular weight is 471 g/mol. The van der Waals surface area contributed by atoms with Crippen LogP contribution in [-0.4, -0.2) is 51.5 Å². The lowest BCUT2D eigenvalue weighted by Crippen LogP contribution is -2.67. The summed E-state index contributed by atoms with van der Waals surface area (Å²) in [4.78, 5) is 25.7. The average Bonchev–Trinajstić information content (AvgIpc) is 3.49. The number of hydrogen-bond donors (Lipinski definition) is 2. The first-order valence-corrected chi connectivity index (χ1v) is 13.1. The van der Waals surface area contributed by atoms with E-state index in [1.807, 2.05) is 26.8 Å². The third-order valence-electron chi connectivity index (χ3n) is 11.6. The van der Waals surface area contributed by atoms with Crippen molar-refractivity contribution in [3.63, 3.8) is 0 Å². The van der Waals surface area contributed by atoms with Gasteiger partial charge in [0.1, 0.15) is 23.4 Å². The minimum atomic E-state index is -1.14. The molecule has 3 saturated carbocycles. The molecule has 6 nitrogen and oxygen atoms in total. The van der Waals surface area contributed by atoms with Crippen LogP contribution >= 0.6 is 0 Å².